The summed E-state index contributed by atoms with van der Waals surface area (Å²) in [5.74, 6) is -5.00. The van der Waals surface area contributed by atoms with Gasteiger partial charge in [-0.1, -0.05) is 0 Å². The first-order valence-corrected chi connectivity index (χ1v) is 4.48. The van der Waals surface area contributed by atoms with Gasteiger partial charge >= 0.3 is 23.9 Å². The Kier molecular flexibility index (Phi) is 8.98. The summed E-state index contributed by atoms with van der Waals surface area (Å²) >= 11 is 0. The molecule has 0 aliphatic rings. The Morgan fingerprint density at radius 1 is 0.722 bits per heavy atom. The van der Waals surface area contributed by atoms with Crippen molar-refractivity contribution in [3.8, 4) is 0 Å². The average Bonchev–Trinajstić information content (AvgIpc) is 2.16. The molecule has 2 atom stereocenters. The molecule has 0 aromatic heterocycles. The molecule has 8 N–H and O–H groups in total. The van der Waals surface area contributed by atoms with E-state index in [4.69, 9.17) is 31.9 Å². The number of carboxylic acid groups (broad SMARTS) is 4. The molecule has 0 aromatic rings. The third-order valence-corrected chi connectivity index (χ3v) is 1.42. The number of carbonyl (C=O) groups is 4. The van der Waals surface area contributed by atoms with E-state index in [0.717, 1.165) is 0 Å². The van der Waals surface area contributed by atoms with Crippen molar-refractivity contribution in [2.24, 2.45) is 11.5 Å². The summed E-state index contributed by atoms with van der Waals surface area (Å²) in [5, 5.41) is 32.1. The Balaban J connectivity index is 0. The van der Waals surface area contributed by atoms with Gasteiger partial charge in [-0.05, 0) is 0 Å². The molecule has 0 saturated carbocycles. The first-order chi connectivity index (χ1) is 8.07. The summed E-state index contributed by atoms with van der Waals surface area (Å²) in [6.45, 7) is 0. The van der Waals surface area contributed by atoms with Gasteiger partial charge in [-0.25, -0.2) is 0 Å². The van der Waals surface area contributed by atoms with E-state index in [9.17, 15) is 19.2 Å². The van der Waals surface area contributed by atoms with E-state index in [0.29, 0.717) is 0 Å². The first kappa shape index (κ1) is 18.2. The second-order valence-electron chi connectivity index (χ2n) is 3.09. The van der Waals surface area contributed by atoms with Crippen LogP contribution in [0.4, 0.5) is 0 Å². The number of hydrogen-bond donors (Lipinski definition) is 6. The molecule has 0 rings (SSSR count). The highest BCUT2D eigenvalue weighted by molar-refractivity contribution is 5.80. The van der Waals surface area contributed by atoms with Crippen LogP contribution in [0, 0.1) is 0 Å². The van der Waals surface area contributed by atoms with Crippen LogP contribution < -0.4 is 11.5 Å². The molecule has 1 unspecified atom stereocenters. The Labute approximate surface area is 101 Å². The lowest BCUT2D eigenvalue weighted by atomic mass is 10.2. The maximum atomic E-state index is 9.85. The summed E-state index contributed by atoms with van der Waals surface area (Å²) < 4.78 is 0. The maximum Gasteiger partial charge on any atom is 0.321 e. The van der Waals surface area contributed by atoms with E-state index in [1.54, 1.807) is 0 Å². The highest BCUT2D eigenvalue weighted by Gasteiger charge is 2.15. The van der Waals surface area contributed by atoms with E-state index in [2.05, 4.69) is 0 Å². The summed E-state index contributed by atoms with van der Waals surface area (Å²) in [5.41, 5.74) is 9.67. The van der Waals surface area contributed by atoms with Crippen LogP contribution in [0.5, 0.6) is 0 Å². The normalized spacial score (nSPS) is 12.6. The predicted octanol–water partition coefficient (Wildman–Crippen LogP) is -2.25. The molecular weight excluding hydrogens is 252 g/mol. The zero-order chi connectivity index (χ0) is 14.9. The third kappa shape index (κ3) is 11.9. The van der Waals surface area contributed by atoms with E-state index in [1.165, 1.54) is 0 Å². The van der Waals surface area contributed by atoms with Gasteiger partial charge in [0.25, 0.3) is 0 Å². The molecule has 104 valence electrons. The lowest BCUT2D eigenvalue weighted by molar-refractivity contribution is -0.144. The SMILES string of the molecule is NC(CC(=O)O)C(=O)O.N[C@@H](CC(=O)O)C(=O)O. The van der Waals surface area contributed by atoms with Crippen LogP contribution in [0.1, 0.15) is 12.8 Å². The van der Waals surface area contributed by atoms with Gasteiger partial charge < -0.3 is 31.9 Å². The van der Waals surface area contributed by atoms with E-state index < -0.39 is 48.8 Å². The van der Waals surface area contributed by atoms with Crippen molar-refractivity contribution in [2.45, 2.75) is 24.9 Å². The lowest BCUT2D eigenvalue weighted by Crippen LogP contribution is -2.32. The van der Waals surface area contributed by atoms with Gasteiger partial charge in [-0.2, -0.15) is 0 Å². The minimum atomic E-state index is -1.29. The van der Waals surface area contributed by atoms with Gasteiger partial charge in [0.1, 0.15) is 12.1 Å². The third-order valence-electron chi connectivity index (χ3n) is 1.42. The van der Waals surface area contributed by atoms with E-state index in [1.807, 2.05) is 0 Å². The molecule has 10 nitrogen and oxygen atoms in total. The Morgan fingerprint density at radius 2 is 0.944 bits per heavy atom. The fourth-order valence-electron chi connectivity index (χ4n) is 0.551. The van der Waals surface area contributed by atoms with E-state index >= 15 is 0 Å². The van der Waals surface area contributed by atoms with Crippen LogP contribution in [0.3, 0.4) is 0 Å². The molecule has 0 spiro atoms. The largest absolute Gasteiger partial charge is 0.481 e. The highest BCUT2D eigenvalue weighted by atomic mass is 16.4. The van der Waals surface area contributed by atoms with Crippen molar-refractivity contribution in [2.75, 3.05) is 0 Å². The second kappa shape index (κ2) is 8.90. The van der Waals surface area contributed by atoms with Crippen molar-refractivity contribution < 1.29 is 39.6 Å². The molecule has 0 amide bonds. The minimum Gasteiger partial charge on any atom is -0.481 e. The van der Waals surface area contributed by atoms with Gasteiger partial charge in [0.15, 0.2) is 0 Å². The van der Waals surface area contributed by atoms with Crippen LogP contribution in [-0.2, 0) is 19.2 Å². The van der Waals surface area contributed by atoms with Crippen molar-refractivity contribution in [3.63, 3.8) is 0 Å². The first-order valence-electron chi connectivity index (χ1n) is 4.48. The number of hydrogen-bond acceptors (Lipinski definition) is 6. The summed E-state index contributed by atoms with van der Waals surface area (Å²) in [6.07, 6.45) is -1.06. The average molecular weight is 266 g/mol. The highest BCUT2D eigenvalue weighted by Crippen LogP contribution is 1.86. The van der Waals surface area contributed by atoms with Crippen LogP contribution in [0.25, 0.3) is 0 Å². The van der Waals surface area contributed by atoms with Gasteiger partial charge in [0, 0.05) is 0 Å². The Hall–Kier alpha value is -2.20. The van der Waals surface area contributed by atoms with Crippen LogP contribution >= 0.6 is 0 Å². The predicted molar refractivity (Wildman–Crippen MR) is 55.7 cm³/mol. The molecule has 0 aliphatic carbocycles. The van der Waals surface area contributed by atoms with Crippen molar-refractivity contribution in [3.05, 3.63) is 0 Å². The number of nitrogens with two attached hydrogens (primary N) is 2. The van der Waals surface area contributed by atoms with Crippen LogP contribution in [0.15, 0.2) is 0 Å². The lowest BCUT2D eigenvalue weighted by Gasteiger charge is -1.99. The molecule has 0 fully saturated rings. The number of aliphatic carboxylic acids is 4. The molecule has 0 aromatic carbocycles. The molecule has 0 saturated heterocycles. The van der Waals surface area contributed by atoms with Crippen molar-refractivity contribution >= 4 is 23.9 Å². The van der Waals surface area contributed by atoms with Gasteiger partial charge in [-0.15, -0.1) is 0 Å². The molecule has 0 bridgehead atoms. The molecular formula is C8H14N2O8. The molecule has 0 aliphatic heterocycles. The monoisotopic (exact) mass is 266 g/mol. The van der Waals surface area contributed by atoms with Crippen LogP contribution in [-0.4, -0.2) is 56.4 Å². The summed E-state index contributed by atoms with van der Waals surface area (Å²) in [7, 11) is 0. The topological polar surface area (TPSA) is 201 Å². The summed E-state index contributed by atoms with van der Waals surface area (Å²) in [6, 6.07) is -2.58. The zero-order valence-electron chi connectivity index (χ0n) is 9.15. The minimum absolute atomic E-state index is 0.532. The van der Waals surface area contributed by atoms with Gasteiger partial charge in [0.05, 0.1) is 12.8 Å². The summed E-state index contributed by atoms with van der Waals surface area (Å²) in [4.78, 5) is 39.2. The van der Waals surface area contributed by atoms with Gasteiger partial charge in [0.2, 0.25) is 0 Å². The Morgan fingerprint density at radius 3 is 1.00 bits per heavy atom. The van der Waals surface area contributed by atoms with Crippen molar-refractivity contribution in [1.29, 1.82) is 0 Å². The van der Waals surface area contributed by atoms with Gasteiger partial charge in [-0.3, -0.25) is 19.2 Å². The quantitative estimate of drug-likeness (QED) is 0.304. The number of rotatable bonds is 6. The molecule has 10 heteroatoms. The van der Waals surface area contributed by atoms with E-state index in [-0.39, 0.29) is 0 Å². The fourth-order valence-corrected chi connectivity index (χ4v) is 0.551. The molecule has 18 heavy (non-hydrogen) atoms. The number of carboxylic acids is 4. The fraction of sp³-hybridized carbons (Fsp3) is 0.500. The molecule has 0 radical (unpaired) electrons. The maximum absolute atomic E-state index is 9.85. The zero-order valence-corrected chi connectivity index (χ0v) is 9.15. The van der Waals surface area contributed by atoms with Crippen molar-refractivity contribution in [1.82, 2.24) is 0 Å². The second-order valence-corrected chi connectivity index (χ2v) is 3.09. The van der Waals surface area contributed by atoms with Crippen LogP contribution in [0.2, 0.25) is 0 Å². The Bertz CT molecular complexity index is 297. The standard InChI is InChI=1S/2C4H7NO4/c2*5-2(4(8)9)1-3(6)7/h2*2H,1,5H2,(H,6,7)(H,8,9)/t2-;/m0./s1. The smallest absolute Gasteiger partial charge is 0.321 e. The molecule has 0 heterocycles.